The molecule has 0 aliphatic carbocycles. The Morgan fingerprint density at radius 3 is 0.846 bits per heavy atom. The van der Waals surface area contributed by atoms with Crippen LogP contribution in [0.1, 0.15) is 48.0 Å². The molecule has 3 heteroatoms. The Morgan fingerprint density at radius 1 is 0.769 bits per heavy atom. The fourth-order valence-electron chi connectivity index (χ4n) is 0. The quantitative estimate of drug-likeness (QED) is 0.593. The van der Waals surface area contributed by atoms with E-state index in [-0.39, 0.29) is 18.3 Å². The summed E-state index contributed by atoms with van der Waals surface area (Å²) in [7, 11) is 0. The lowest BCUT2D eigenvalue weighted by molar-refractivity contribution is 0.191. The molecule has 3 N–H and O–H groups in total. The highest BCUT2D eigenvalue weighted by atomic mass is 16.3. The Kier molecular flexibility index (Phi) is 20.6. The molecule has 0 saturated heterocycles. The van der Waals surface area contributed by atoms with E-state index >= 15 is 0 Å². The maximum Gasteiger partial charge on any atom is 0.0509 e. The molecule has 0 aliphatic rings. The molecule has 0 saturated carbocycles. The molecule has 13 heavy (non-hydrogen) atoms. The van der Waals surface area contributed by atoms with Gasteiger partial charge in [-0.05, 0) is 41.0 Å². The van der Waals surface area contributed by atoms with Crippen molar-refractivity contribution in [2.75, 3.05) is 0 Å². The Hall–Kier alpha value is -0.120. The normalized spacial score (nSPS) is 11.3. The van der Waals surface area contributed by atoms with Crippen molar-refractivity contribution in [1.82, 2.24) is 0 Å². The maximum atomic E-state index is 8.36. The number of aliphatic hydroxyl groups excluding tert-OH is 3. The summed E-state index contributed by atoms with van der Waals surface area (Å²) in [4.78, 5) is 0. The monoisotopic (exact) mass is 194 g/mol. The van der Waals surface area contributed by atoms with Crippen molar-refractivity contribution < 1.29 is 15.3 Å². The molecule has 0 aromatic rings. The molecule has 84 valence electrons. The summed E-state index contributed by atoms with van der Waals surface area (Å²) in [5.74, 6) is 0. The molecule has 0 heterocycles. The highest BCUT2D eigenvalue weighted by molar-refractivity contribution is 4.34. The lowest BCUT2D eigenvalue weighted by Crippen LogP contribution is -1.93. The van der Waals surface area contributed by atoms with E-state index in [1.54, 1.807) is 34.6 Å². The van der Waals surface area contributed by atoms with E-state index in [4.69, 9.17) is 15.3 Å². The van der Waals surface area contributed by atoms with Gasteiger partial charge in [-0.3, -0.25) is 0 Å². The van der Waals surface area contributed by atoms with E-state index in [9.17, 15) is 0 Å². The van der Waals surface area contributed by atoms with Gasteiger partial charge in [-0.1, -0.05) is 6.92 Å². The highest BCUT2D eigenvalue weighted by Gasteiger charge is 1.81. The fourth-order valence-corrected chi connectivity index (χ4v) is 0. The predicted octanol–water partition coefficient (Wildman–Crippen LogP) is 1.55. The average molecular weight is 194 g/mol. The molecule has 0 aromatic carbocycles. The standard InChI is InChI=1S/C4H10O.2C3H8O/c1-3-4(2)5;2*1-3(2)4/h4-5H,3H2,1-2H3;2*3-4H,1-2H3. The van der Waals surface area contributed by atoms with Crippen LogP contribution in [0.25, 0.3) is 0 Å². The van der Waals surface area contributed by atoms with Crippen LogP contribution in [0, 0.1) is 0 Å². The zero-order valence-electron chi connectivity index (χ0n) is 9.78. The first-order chi connectivity index (χ1) is 5.73. The van der Waals surface area contributed by atoms with Gasteiger partial charge in [0.05, 0.1) is 6.10 Å². The Labute approximate surface area is 82.4 Å². The second-order valence-electron chi connectivity index (χ2n) is 3.44. The molecular formula is C10H26O3. The average Bonchev–Trinajstić information content (AvgIpc) is 1.84. The third kappa shape index (κ3) is 328. The summed E-state index contributed by atoms with van der Waals surface area (Å²) in [5, 5.41) is 24.5. The van der Waals surface area contributed by atoms with Crippen LogP contribution >= 0.6 is 0 Å². The lowest BCUT2D eigenvalue weighted by atomic mass is 10.3. The van der Waals surface area contributed by atoms with E-state index in [0.717, 1.165) is 6.42 Å². The minimum Gasteiger partial charge on any atom is -0.394 e. The molecule has 0 amide bonds. The van der Waals surface area contributed by atoms with E-state index in [0.29, 0.717) is 0 Å². The molecule has 0 spiro atoms. The van der Waals surface area contributed by atoms with Crippen LogP contribution in [0.3, 0.4) is 0 Å². The third-order valence-electron chi connectivity index (χ3n) is 0.591. The van der Waals surface area contributed by atoms with Gasteiger partial charge in [0, 0.05) is 12.2 Å². The summed E-state index contributed by atoms with van der Waals surface area (Å²) in [6.45, 7) is 10.6. The smallest absolute Gasteiger partial charge is 0.0509 e. The summed E-state index contributed by atoms with van der Waals surface area (Å²) in [6, 6.07) is 0. The SMILES string of the molecule is CC(C)O.CC(C)O.CCC(C)O. The lowest BCUT2D eigenvalue weighted by Gasteiger charge is -1.90. The van der Waals surface area contributed by atoms with Crippen molar-refractivity contribution >= 4 is 0 Å². The van der Waals surface area contributed by atoms with Gasteiger partial charge in [0.2, 0.25) is 0 Å². The summed E-state index contributed by atoms with van der Waals surface area (Å²) < 4.78 is 0. The van der Waals surface area contributed by atoms with Gasteiger partial charge in [-0.15, -0.1) is 0 Å². The largest absolute Gasteiger partial charge is 0.394 e. The number of aliphatic hydroxyl groups is 3. The molecule has 1 atom stereocenters. The van der Waals surface area contributed by atoms with Crippen molar-refractivity contribution in [2.45, 2.75) is 66.3 Å². The van der Waals surface area contributed by atoms with Crippen LogP contribution in [-0.2, 0) is 0 Å². The Morgan fingerprint density at radius 2 is 0.846 bits per heavy atom. The van der Waals surface area contributed by atoms with Crippen LogP contribution in [0.15, 0.2) is 0 Å². The number of hydrogen-bond donors (Lipinski definition) is 3. The number of rotatable bonds is 1. The second kappa shape index (κ2) is 14.4. The molecule has 3 nitrogen and oxygen atoms in total. The summed E-state index contributed by atoms with van der Waals surface area (Å²) in [5.41, 5.74) is 0. The molecule has 0 aromatic heterocycles. The molecule has 0 fully saturated rings. The molecule has 0 bridgehead atoms. The second-order valence-corrected chi connectivity index (χ2v) is 3.44. The minimum absolute atomic E-state index is 0.116. The molecule has 0 radical (unpaired) electrons. The first-order valence-electron chi connectivity index (χ1n) is 4.78. The van der Waals surface area contributed by atoms with Crippen LogP contribution in [0.2, 0.25) is 0 Å². The van der Waals surface area contributed by atoms with Crippen molar-refractivity contribution in [1.29, 1.82) is 0 Å². The zero-order valence-corrected chi connectivity index (χ0v) is 9.78. The zero-order chi connectivity index (χ0) is 11.4. The summed E-state index contributed by atoms with van der Waals surface area (Å²) in [6.07, 6.45) is 0.412. The topological polar surface area (TPSA) is 60.7 Å². The van der Waals surface area contributed by atoms with Crippen LogP contribution in [-0.4, -0.2) is 33.6 Å². The Balaban J connectivity index is -0.000000117. The van der Waals surface area contributed by atoms with Gasteiger partial charge in [-0.2, -0.15) is 0 Å². The first-order valence-corrected chi connectivity index (χ1v) is 4.78. The molecule has 0 rings (SSSR count). The van der Waals surface area contributed by atoms with Crippen LogP contribution in [0.5, 0.6) is 0 Å². The fraction of sp³-hybridized carbons (Fsp3) is 1.00. The van der Waals surface area contributed by atoms with Crippen molar-refractivity contribution in [2.24, 2.45) is 0 Å². The molecular weight excluding hydrogens is 168 g/mol. The van der Waals surface area contributed by atoms with Gasteiger partial charge in [0.15, 0.2) is 0 Å². The highest BCUT2D eigenvalue weighted by Crippen LogP contribution is 1.81. The van der Waals surface area contributed by atoms with Gasteiger partial charge in [0.1, 0.15) is 0 Å². The minimum atomic E-state index is -0.167. The molecule has 1 unspecified atom stereocenters. The van der Waals surface area contributed by atoms with Crippen molar-refractivity contribution in [3.8, 4) is 0 Å². The van der Waals surface area contributed by atoms with Gasteiger partial charge >= 0.3 is 0 Å². The van der Waals surface area contributed by atoms with E-state index in [1.165, 1.54) is 0 Å². The maximum absolute atomic E-state index is 8.36. The molecule has 0 aliphatic heterocycles. The van der Waals surface area contributed by atoms with Crippen molar-refractivity contribution in [3.05, 3.63) is 0 Å². The van der Waals surface area contributed by atoms with Gasteiger partial charge in [-0.25, -0.2) is 0 Å². The van der Waals surface area contributed by atoms with Crippen LogP contribution < -0.4 is 0 Å². The first kappa shape index (κ1) is 18.6. The Bertz CT molecular complexity index is 59.1. The van der Waals surface area contributed by atoms with E-state index < -0.39 is 0 Å². The van der Waals surface area contributed by atoms with Gasteiger partial charge < -0.3 is 15.3 Å². The van der Waals surface area contributed by atoms with E-state index in [1.807, 2.05) is 6.92 Å². The predicted molar refractivity (Wildman–Crippen MR) is 56.7 cm³/mol. The number of hydrogen-bond acceptors (Lipinski definition) is 3. The van der Waals surface area contributed by atoms with Crippen LogP contribution in [0.4, 0.5) is 0 Å². The summed E-state index contributed by atoms with van der Waals surface area (Å²) >= 11 is 0. The van der Waals surface area contributed by atoms with E-state index in [2.05, 4.69) is 0 Å². The van der Waals surface area contributed by atoms with Crippen molar-refractivity contribution in [3.63, 3.8) is 0 Å². The van der Waals surface area contributed by atoms with Gasteiger partial charge in [0.25, 0.3) is 0 Å². The third-order valence-corrected chi connectivity index (χ3v) is 0.591.